The number of hydrogen-bond donors (Lipinski definition) is 1. The van der Waals surface area contributed by atoms with Gasteiger partial charge >= 0.3 is 5.97 Å². The van der Waals surface area contributed by atoms with Gasteiger partial charge in [-0.3, -0.25) is 4.79 Å². The molecule has 2 aromatic rings. The molecule has 0 amide bonds. The molecule has 2 nitrogen and oxygen atoms in total. The van der Waals surface area contributed by atoms with Gasteiger partial charge in [0.1, 0.15) is 0 Å². The van der Waals surface area contributed by atoms with Gasteiger partial charge < -0.3 is 5.11 Å². The van der Waals surface area contributed by atoms with Crippen LogP contribution in [0.4, 0.5) is 0 Å². The standard InChI is InChI=1S/C21H25O2/c22-21(23)19(14-13-16-7-2-1-3-8-16)15-18-11-6-10-17-9-4-5-12-20(17)18/h4-6,9-12,16H,1-3,7-8,13-15H2,(H,22,23). The van der Waals surface area contributed by atoms with Crippen molar-refractivity contribution < 1.29 is 9.90 Å². The third-order valence-electron chi connectivity index (χ3n) is 5.17. The van der Waals surface area contributed by atoms with E-state index in [4.69, 9.17) is 0 Å². The van der Waals surface area contributed by atoms with Gasteiger partial charge in [-0.05, 0) is 41.5 Å². The molecule has 0 bridgehead atoms. The molecule has 0 unspecified atom stereocenters. The highest BCUT2D eigenvalue weighted by Gasteiger charge is 2.22. The minimum atomic E-state index is -0.728. The van der Waals surface area contributed by atoms with E-state index in [0.717, 1.165) is 24.3 Å². The van der Waals surface area contributed by atoms with E-state index in [1.807, 2.05) is 18.2 Å². The summed E-state index contributed by atoms with van der Waals surface area (Å²) in [6.45, 7) is 0. The summed E-state index contributed by atoms with van der Waals surface area (Å²) in [6, 6.07) is 14.4. The predicted molar refractivity (Wildman–Crippen MR) is 94.3 cm³/mol. The number of hydrogen-bond acceptors (Lipinski definition) is 1. The number of aliphatic carboxylic acids is 1. The van der Waals surface area contributed by atoms with Crippen LogP contribution in [0.3, 0.4) is 0 Å². The molecule has 1 fully saturated rings. The van der Waals surface area contributed by atoms with Crippen molar-refractivity contribution in [3.63, 3.8) is 0 Å². The van der Waals surface area contributed by atoms with E-state index in [0.29, 0.717) is 12.3 Å². The number of carboxylic acids is 1. The molecule has 0 saturated heterocycles. The zero-order valence-corrected chi connectivity index (χ0v) is 13.6. The summed E-state index contributed by atoms with van der Waals surface area (Å²) in [5.41, 5.74) is 1.13. The Hall–Kier alpha value is -1.83. The van der Waals surface area contributed by atoms with E-state index in [1.54, 1.807) is 0 Å². The molecule has 1 N–H and O–H groups in total. The second-order valence-corrected chi connectivity index (χ2v) is 6.77. The second-order valence-electron chi connectivity index (χ2n) is 6.77. The Labute approximate surface area is 138 Å². The summed E-state index contributed by atoms with van der Waals surface area (Å²) < 4.78 is 0. The van der Waals surface area contributed by atoms with Gasteiger partial charge in [-0.25, -0.2) is 0 Å². The van der Waals surface area contributed by atoms with Crippen LogP contribution in [-0.4, -0.2) is 11.1 Å². The van der Waals surface area contributed by atoms with Gasteiger partial charge in [0.25, 0.3) is 0 Å². The zero-order chi connectivity index (χ0) is 16.1. The van der Waals surface area contributed by atoms with Gasteiger partial charge in [-0.15, -0.1) is 0 Å². The number of benzene rings is 2. The van der Waals surface area contributed by atoms with Crippen molar-refractivity contribution in [1.29, 1.82) is 0 Å². The van der Waals surface area contributed by atoms with E-state index in [1.165, 1.54) is 42.9 Å². The lowest BCUT2D eigenvalue weighted by atomic mass is 9.82. The summed E-state index contributed by atoms with van der Waals surface area (Å²) in [4.78, 5) is 11.7. The molecule has 0 atom stereocenters. The SMILES string of the molecule is O=C(O)[C](CCC1CCCCC1)Cc1cccc2ccccc12. The lowest BCUT2D eigenvalue weighted by molar-refractivity contribution is -0.135. The molecule has 0 spiro atoms. The first-order chi connectivity index (χ1) is 11.2. The Bertz CT molecular complexity index is 650. The highest BCUT2D eigenvalue weighted by molar-refractivity contribution is 5.88. The summed E-state index contributed by atoms with van der Waals surface area (Å²) in [7, 11) is 0. The molecule has 0 heterocycles. The molecule has 1 radical (unpaired) electrons. The molecule has 1 aliphatic rings. The summed E-state index contributed by atoms with van der Waals surface area (Å²) >= 11 is 0. The lowest BCUT2D eigenvalue weighted by Gasteiger charge is -2.23. The molecule has 121 valence electrons. The molecule has 0 aliphatic heterocycles. The Kier molecular flexibility index (Phi) is 5.32. The number of carboxylic acid groups (broad SMARTS) is 1. The van der Waals surface area contributed by atoms with Crippen LogP contribution >= 0.6 is 0 Å². The van der Waals surface area contributed by atoms with Crippen LogP contribution < -0.4 is 0 Å². The van der Waals surface area contributed by atoms with E-state index in [-0.39, 0.29) is 0 Å². The van der Waals surface area contributed by atoms with Crippen molar-refractivity contribution in [3.05, 3.63) is 53.9 Å². The Morgan fingerprint density at radius 1 is 1.00 bits per heavy atom. The maximum atomic E-state index is 11.7. The zero-order valence-electron chi connectivity index (χ0n) is 13.6. The van der Waals surface area contributed by atoms with Gasteiger partial charge in [0, 0.05) is 0 Å². The predicted octanol–water partition coefficient (Wildman–Crippen LogP) is 5.40. The fraction of sp³-hybridized carbons (Fsp3) is 0.429. The van der Waals surface area contributed by atoms with Gasteiger partial charge in [0.2, 0.25) is 0 Å². The van der Waals surface area contributed by atoms with Crippen LogP contribution in [0.2, 0.25) is 0 Å². The topological polar surface area (TPSA) is 37.3 Å². The van der Waals surface area contributed by atoms with Crippen molar-refractivity contribution in [2.75, 3.05) is 0 Å². The van der Waals surface area contributed by atoms with E-state index in [2.05, 4.69) is 24.3 Å². The van der Waals surface area contributed by atoms with Crippen molar-refractivity contribution >= 4 is 16.7 Å². The third kappa shape index (κ3) is 4.13. The molecular formula is C21H25O2. The Morgan fingerprint density at radius 2 is 1.74 bits per heavy atom. The average molecular weight is 309 g/mol. The van der Waals surface area contributed by atoms with Crippen LogP contribution in [0.25, 0.3) is 10.8 Å². The number of carbonyl (C=O) groups is 1. The normalized spacial score (nSPS) is 16.0. The first-order valence-electron chi connectivity index (χ1n) is 8.78. The number of rotatable bonds is 6. The monoisotopic (exact) mass is 309 g/mol. The lowest BCUT2D eigenvalue weighted by Crippen LogP contribution is -2.17. The molecule has 23 heavy (non-hydrogen) atoms. The maximum absolute atomic E-state index is 11.7. The van der Waals surface area contributed by atoms with E-state index >= 15 is 0 Å². The molecule has 2 heteroatoms. The van der Waals surface area contributed by atoms with Crippen LogP contribution in [0, 0.1) is 11.8 Å². The molecular weight excluding hydrogens is 284 g/mol. The molecule has 1 aliphatic carbocycles. The largest absolute Gasteiger partial charge is 0.481 e. The van der Waals surface area contributed by atoms with Crippen LogP contribution in [0.5, 0.6) is 0 Å². The quantitative estimate of drug-likeness (QED) is 0.775. The van der Waals surface area contributed by atoms with Crippen LogP contribution in [0.1, 0.15) is 50.5 Å². The van der Waals surface area contributed by atoms with Crippen LogP contribution in [-0.2, 0) is 11.2 Å². The number of fused-ring (bicyclic) bond motifs is 1. The fourth-order valence-electron chi connectivity index (χ4n) is 3.80. The van der Waals surface area contributed by atoms with Gasteiger partial charge in [0.05, 0.1) is 5.92 Å². The molecule has 0 aromatic heterocycles. The third-order valence-corrected chi connectivity index (χ3v) is 5.17. The summed E-state index contributed by atoms with van der Waals surface area (Å²) in [5, 5.41) is 12.0. The highest BCUT2D eigenvalue weighted by Crippen LogP contribution is 2.31. The summed E-state index contributed by atoms with van der Waals surface area (Å²) in [5.74, 6) is 0.659. The minimum Gasteiger partial charge on any atom is -0.481 e. The van der Waals surface area contributed by atoms with Crippen molar-refractivity contribution in [1.82, 2.24) is 0 Å². The van der Waals surface area contributed by atoms with Crippen molar-refractivity contribution in [2.24, 2.45) is 5.92 Å². The highest BCUT2D eigenvalue weighted by atomic mass is 16.4. The smallest absolute Gasteiger partial charge is 0.311 e. The van der Waals surface area contributed by atoms with Crippen molar-refractivity contribution in [3.8, 4) is 0 Å². The first-order valence-corrected chi connectivity index (χ1v) is 8.78. The van der Waals surface area contributed by atoms with E-state index < -0.39 is 5.97 Å². The van der Waals surface area contributed by atoms with Gasteiger partial charge in [-0.2, -0.15) is 0 Å². The van der Waals surface area contributed by atoms with Crippen molar-refractivity contribution in [2.45, 2.75) is 51.4 Å². The summed E-state index contributed by atoms with van der Waals surface area (Å²) in [6.07, 6.45) is 8.86. The van der Waals surface area contributed by atoms with Gasteiger partial charge in [-0.1, -0.05) is 74.6 Å². The van der Waals surface area contributed by atoms with Gasteiger partial charge in [0.15, 0.2) is 0 Å². The Balaban J connectivity index is 1.69. The first kappa shape index (κ1) is 16.0. The minimum absolute atomic E-state index is 0.559. The molecule has 2 aromatic carbocycles. The molecule has 1 saturated carbocycles. The fourth-order valence-corrected chi connectivity index (χ4v) is 3.80. The van der Waals surface area contributed by atoms with E-state index in [9.17, 15) is 9.90 Å². The van der Waals surface area contributed by atoms with Crippen LogP contribution in [0.15, 0.2) is 42.5 Å². The molecule has 3 rings (SSSR count). The average Bonchev–Trinajstić information content (AvgIpc) is 2.59. The Morgan fingerprint density at radius 3 is 2.52 bits per heavy atom. The maximum Gasteiger partial charge on any atom is 0.311 e. The second kappa shape index (κ2) is 7.63.